The maximum atomic E-state index is 8.73. The van der Waals surface area contributed by atoms with Gasteiger partial charge in [-0.3, -0.25) is 0 Å². The van der Waals surface area contributed by atoms with Crippen molar-refractivity contribution in [2.75, 3.05) is 45.9 Å². The Balaban J connectivity index is 3.60. The number of aliphatic hydroxyl groups is 1. The van der Waals surface area contributed by atoms with Gasteiger partial charge in [0.25, 0.3) is 0 Å². The molecule has 0 spiro atoms. The Morgan fingerprint density at radius 2 is 1.47 bits per heavy atom. The third-order valence-corrected chi connectivity index (χ3v) is 2.78. The fourth-order valence-electron chi connectivity index (χ4n) is 1.81. The van der Waals surface area contributed by atoms with E-state index in [-0.39, 0.29) is 0 Å². The second kappa shape index (κ2) is 13.9. The van der Waals surface area contributed by atoms with Crippen LogP contribution < -0.4 is 22.1 Å². The van der Waals surface area contributed by atoms with Gasteiger partial charge in [-0.15, -0.1) is 0 Å². The fraction of sp³-hybridized carbons (Fsp3) is 1.00. The van der Waals surface area contributed by atoms with E-state index in [2.05, 4.69) is 10.6 Å². The molecule has 0 amide bonds. The molecule has 0 atom stereocenters. The molecule has 0 heterocycles. The van der Waals surface area contributed by atoms with Crippen molar-refractivity contribution in [1.29, 1.82) is 0 Å². The van der Waals surface area contributed by atoms with Gasteiger partial charge < -0.3 is 27.2 Å². The van der Waals surface area contributed by atoms with E-state index >= 15 is 0 Å². The minimum atomic E-state index is 0.307. The standard InChI is InChI=1S/C12H30N4O/c13-5-7-15-10-12(11-16-8-6-14)4-2-1-3-9-17/h12,15-17H,1-11,13-14H2. The Bertz CT molecular complexity index is 136. The maximum absolute atomic E-state index is 8.73. The first kappa shape index (κ1) is 16.8. The monoisotopic (exact) mass is 246 g/mol. The van der Waals surface area contributed by atoms with Gasteiger partial charge in [0.05, 0.1) is 0 Å². The SMILES string of the molecule is NCCNCC(CCCCCO)CNCCN. The highest BCUT2D eigenvalue weighted by molar-refractivity contribution is 4.66. The fourth-order valence-corrected chi connectivity index (χ4v) is 1.81. The molecule has 0 unspecified atom stereocenters. The molecule has 0 saturated carbocycles. The third-order valence-electron chi connectivity index (χ3n) is 2.78. The molecule has 0 aliphatic heterocycles. The van der Waals surface area contributed by atoms with E-state index in [0.717, 1.165) is 39.0 Å². The predicted molar refractivity (Wildman–Crippen MR) is 72.9 cm³/mol. The Morgan fingerprint density at radius 1 is 0.882 bits per heavy atom. The molecule has 0 saturated heterocycles. The lowest BCUT2D eigenvalue weighted by molar-refractivity contribution is 0.279. The lowest BCUT2D eigenvalue weighted by Crippen LogP contribution is -2.35. The summed E-state index contributed by atoms with van der Waals surface area (Å²) < 4.78 is 0. The van der Waals surface area contributed by atoms with E-state index < -0.39 is 0 Å². The van der Waals surface area contributed by atoms with Crippen LogP contribution in [-0.2, 0) is 0 Å². The summed E-state index contributed by atoms with van der Waals surface area (Å²) in [7, 11) is 0. The normalized spacial score (nSPS) is 11.3. The Hall–Kier alpha value is -0.200. The zero-order chi connectivity index (χ0) is 12.8. The van der Waals surface area contributed by atoms with Gasteiger partial charge in [-0.2, -0.15) is 0 Å². The molecule has 0 aromatic rings. The van der Waals surface area contributed by atoms with Gasteiger partial charge in [-0.25, -0.2) is 0 Å². The number of unbranched alkanes of at least 4 members (excludes halogenated alkanes) is 2. The van der Waals surface area contributed by atoms with Gasteiger partial charge in [-0.05, 0) is 31.8 Å². The second-order valence-corrected chi connectivity index (χ2v) is 4.42. The first-order valence-corrected chi connectivity index (χ1v) is 6.77. The topological polar surface area (TPSA) is 96.3 Å². The summed E-state index contributed by atoms with van der Waals surface area (Å²) in [6.45, 7) is 5.46. The minimum absolute atomic E-state index is 0.307. The average Bonchev–Trinajstić information content (AvgIpc) is 2.34. The maximum Gasteiger partial charge on any atom is 0.0431 e. The van der Waals surface area contributed by atoms with Crippen LogP contribution in [0.1, 0.15) is 25.7 Å². The Kier molecular flexibility index (Phi) is 13.7. The van der Waals surface area contributed by atoms with E-state index in [4.69, 9.17) is 16.6 Å². The number of rotatable bonds is 13. The highest BCUT2D eigenvalue weighted by Gasteiger charge is 2.07. The molecule has 0 rings (SSSR count). The van der Waals surface area contributed by atoms with Crippen molar-refractivity contribution in [3.05, 3.63) is 0 Å². The van der Waals surface area contributed by atoms with Crippen LogP contribution in [0.3, 0.4) is 0 Å². The van der Waals surface area contributed by atoms with Crippen molar-refractivity contribution in [2.45, 2.75) is 25.7 Å². The van der Waals surface area contributed by atoms with E-state index in [9.17, 15) is 0 Å². The zero-order valence-electron chi connectivity index (χ0n) is 11.0. The van der Waals surface area contributed by atoms with Crippen LogP contribution in [-0.4, -0.2) is 51.0 Å². The molecule has 0 aromatic heterocycles. The zero-order valence-corrected chi connectivity index (χ0v) is 11.0. The van der Waals surface area contributed by atoms with Crippen LogP contribution in [0.15, 0.2) is 0 Å². The molecule has 5 nitrogen and oxygen atoms in total. The van der Waals surface area contributed by atoms with Crippen molar-refractivity contribution < 1.29 is 5.11 Å². The molecule has 104 valence electrons. The van der Waals surface area contributed by atoms with Crippen LogP contribution in [0.2, 0.25) is 0 Å². The highest BCUT2D eigenvalue weighted by atomic mass is 16.2. The van der Waals surface area contributed by atoms with E-state index in [1.807, 2.05) is 0 Å². The summed E-state index contributed by atoms with van der Waals surface area (Å²) >= 11 is 0. The summed E-state index contributed by atoms with van der Waals surface area (Å²) in [6.07, 6.45) is 4.40. The van der Waals surface area contributed by atoms with Crippen molar-refractivity contribution in [2.24, 2.45) is 17.4 Å². The molecule has 0 aliphatic carbocycles. The number of hydrogen-bond donors (Lipinski definition) is 5. The molecule has 7 N–H and O–H groups in total. The third kappa shape index (κ3) is 12.1. The van der Waals surface area contributed by atoms with Gasteiger partial charge in [0.15, 0.2) is 0 Å². The van der Waals surface area contributed by atoms with Gasteiger partial charge in [0.2, 0.25) is 0 Å². The summed E-state index contributed by atoms with van der Waals surface area (Å²) in [5.41, 5.74) is 10.9. The van der Waals surface area contributed by atoms with Crippen LogP contribution in [0.25, 0.3) is 0 Å². The van der Waals surface area contributed by atoms with E-state index in [0.29, 0.717) is 25.6 Å². The first-order valence-electron chi connectivity index (χ1n) is 6.77. The largest absolute Gasteiger partial charge is 0.396 e. The Morgan fingerprint density at radius 3 is 1.94 bits per heavy atom. The summed E-state index contributed by atoms with van der Waals surface area (Å²) in [5, 5.41) is 15.4. The molecule has 0 bridgehead atoms. The molecule has 17 heavy (non-hydrogen) atoms. The van der Waals surface area contributed by atoms with E-state index in [1.165, 1.54) is 12.8 Å². The predicted octanol–water partition coefficient (Wildman–Crippen LogP) is -0.748. The van der Waals surface area contributed by atoms with Crippen molar-refractivity contribution in [1.82, 2.24) is 10.6 Å². The molecular weight excluding hydrogens is 216 g/mol. The van der Waals surface area contributed by atoms with Gasteiger partial charge >= 0.3 is 0 Å². The molecule has 0 aliphatic rings. The number of nitrogens with one attached hydrogen (secondary N) is 2. The van der Waals surface area contributed by atoms with E-state index in [1.54, 1.807) is 0 Å². The summed E-state index contributed by atoms with van der Waals surface area (Å²) in [4.78, 5) is 0. The highest BCUT2D eigenvalue weighted by Crippen LogP contribution is 2.08. The Labute approximate surface area is 105 Å². The lowest BCUT2D eigenvalue weighted by atomic mass is 10.0. The van der Waals surface area contributed by atoms with Crippen LogP contribution >= 0.6 is 0 Å². The van der Waals surface area contributed by atoms with Gasteiger partial charge in [0.1, 0.15) is 0 Å². The number of hydrogen-bond acceptors (Lipinski definition) is 5. The second-order valence-electron chi connectivity index (χ2n) is 4.42. The van der Waals surface area contributed by atoms with Gasteiger partial charge in [-0.1, -0.05) is 12.8 Å². The van der Waals surface area contributed by atoms with Crippen molar-refractivity contribution in [3.8, 4) is 0 Å². The summed E-state index contributed by atoms with van der Waals surface area (Å²) in [5.74, 6) is 0.631. The number of aliphatic hydroxyl groups excluding tert-OH is 1. The molecule has 0 radical (unpaired) electrons. The average molecular weight is 246 g/mol. The van der Waals surface area contributed by atoms with Crippen LogP contribution in [0, 0.1) is 5.92 Å². The molecular formula is C12H30N4O. The smallest absolute Gasteiger partial charge is 0.0431 e. The quantitative estimate of drug-likeness (QED) is 0.276. The van der Waals surface area contributed by atoms with Crippen molar-refractivity contribution in [3.63, 3.8) is 0 Å². The minimum Gasteiger partial charge on any atom is -0.396 e. The van der Waals surface area contributed by atoms with Gasteiger partial charge in [0, 0.05) is 32.8 Å². The van der Waals surface area contributed by atoms with Crippen molar-refractivity contribution >= 4 is 0 Å². The molecule has 0 fully saturated rings. The molecule has 5 heteroatoms. The van der Waals surface area contributed by atoms with Crippen LogP contribution in [0.5, 0.6) is 0 Å². The first-order chi connectivity index (χ1) is 8.35. The molecule has 0 aromatic carbocycles. The van der Waals surface area contributed by atoms with Crippen LogP contribution in [0.4, 0.5) is 0 Å². The summed E-state index contributed by atoms with van der Waals surface area (Å²) in [6, 6.07) is 0. The lowest BCUT2D eigenvalue weighted by Gasteiger charge is -2.18. The number of nitrogens with two attached hydrogens (primary N) is 2.